The molecule has 0 aromatic heterocycles. The van der Waals surface area contributed by atoms with Crippen molar-refractivity contribution in [3.05, 3.63) is 35.9 Å². The number of amides is 1. The number of hydroxylamine groups is 2. The van der Waals surface area contributed by atoms with E-state index in [0.717, 1.165) is 25.7 Å². The van der Waals surface area contributed by atoms with Gasteiger partial charge in [0.25, 0.3) is 0 Å². The zero-order valence-corrected chi connectivity index (χ0v) is 9.34. The predicted octanol–water partition coefficient (Wildman–Crippen LogP) is 2.17. The summed E-state index contributed by atoms with van der Waals surface area (Å²) in [5.74, 6) is 0. The summed E-state index contributed by atoms with van der Waals surface area (Å²) in [5.41, 5.74) is 1.24. The summed E-state index contributed by atoms with van der Waals surface area (Å²) < 4.78 is 0. The van der Waals surface area contributed by atoms with Gasteiger partial charge in [0.15, 0.2) is 0 Å². The van der Waals surface area contributed by atoms with E-state index < -0.39 is 0 Å². The number of nitrogens with zero attached hydrogens (tertiary/aromatic N) is 1. The van der Waals surface area contributed by atoms with Gasteiger partial charge in [0.2, 0.25) is 6.41 Å². The molecule has 3 nitrogen and oxygen atoms in total. The molecule has 2 rings (SSSR count). The number of rotatable bonds is 6. The molecule has 0 spiro atoms. The highest BCUT2D eigenvalue weighted by Crippen LogP contribution is 2.23. The van der Waals surface area contributed by atoms with E-state index in [1.165, 1.54) is 17.0 Å². The molecule has 3 heteroatoms. The third-order valence-corrected chi connectivity index (χ3v) is 3.01. The molecule has 1 aromatic rings. The molecule has 86 valence electrons. The van der Waals surface area contributed by atoms with Crippen LogP contribution in [0.2, 0.25) is 0 Å². The van der Waals surface area contributed by atoms with Crippen molar-refractivity contribution in [2.45, 2.75) is 31.7 Å². The van der Waals surface area contributed by atoms with Crippen molar-refractivity contribution in [3.63, 3.8) is 0 Å². The molecule has 1 amide bonds. The largest absolute Gasteiger partial charge is 0.276 e. The van der Waals surface area contributed by atoms with Crippen LogP contribution in [0.5, 0.6) is 0 Å². The highest BCUT2D eigenvalue weighted by Gasteiger charge is 2.24. The molecule has 1 saturated carbocycles. The topological polar surface area (TPSA) is 29.5 Å². The van der Waals surface area contributed by atoms with Crippen molar-refractivity contribution in [3.8, 4) is 0 Å². The van der Waals surface area contributed by atoms with Gasteiger partial charge in [-0.05, 0) is 31.2 Å². The molecule has 0 bridgehead atoms. The summed E-state index contributed by atoms with van der Waals surface area (Å²) in [5, 5.41) is 1.48. The van der Waals surface area contributed by atoms with Crippen LogP contribution in [0.3, 0.4) is 0 Å². The monoisotopic (exact) mass is 219 g/mol. The molecule has 0 heterocycles. The molecule has 0 aliphatic heterocycles. The Morgan fingerprint density at radius 2 is 2.06 bits per heavy atom. The molecule has 0 unspecified atom stereocenters. The van der Waals surface area contributed by atoms with Crippen molar-refractivity contribution in [2.75, 3.05) is 6.61 Å². The van der Waals surface area contributed by atoms with Gasteiger partial charge in [-0.3, -0.25) is 9.63 Å². The lowest BCUT2D eigenvalue weighted by Gasteiger charge is -2.33. The van der Waals surface area contributed by atoms with Crippen LogP contribution in [0.25, 0.3) is 0 Å². The van der Waals surface area contributed by atoms with E-state index in [1.54, 1.807) is 0 Å². The number of benzene rings is 1. The second kappa shape index (κ2) is 5.66. The smallest absolute Gasteiger partial charge is 0.233 e. The first-order valence-corrected chi connectivity index (χ1v) is 5.80. The van der Waals surface area contributed by atoms with Gasteiger partial charge < -0.3 is 0 Å². The van der Waals surface area contributed by atoms with E-state index in [4.69, 9.17) is 4.84 Å². The number of hydrogen-bond donors (Lipinski definition) is 0. The summed E-state index contributed by atoms with van der Waals surface area (Å²) in [6.45, 7) is 0.569. The van der Waals surface area contributed by atoms with Crippen molar-refractivity contribution in [1.82, 2.24) is 5.06 Å². The molecule has 1 aromatic carbocycles. The van der Waals surface area contributed by atoms with Crippen LogP contribution < -0.4 is 0 Å². The SMILES string of the molecule is O=CN(OCCc1ccccc1)C1CCC1. The molecular weight excluding hydrogens is 202 g/mol. The highest BCUT2D eigenvalue weighted by molar-refractivity contribution is 5.46. The van der Waals surface area contributed by atoms with Gasteiger partial charge in [-0.25, -0.2) is 5.06 Å². The van der Waals surface area contributed by atoms with Crippen LogP contribution in [0.1, 0.15) is 24.8 Å². The zero-order valence-electron chi connectivity index (χ0n) is 9.34. The summed E-state index contributed by atoms with van der Waals surface area (Å²) >= 11 is 0. The van der Waals surface area contributed by atoms with Gasteiger partial charge >= 0.3 is 0 Å². The Hall–Kier alpha value is -1.35. The van der Waals surface area contributed by atoms with Crippen LogP contribution in [-0.2, 0) is 16.1 Å². The average molecular weight is 219 g/mol. The molecule has 1 fully saturated rings. The van der Waals surface area contributed by atoms with Gasteiger partial charge in [-0.15, -0.1) is 0 Å². The first kappa shape index (κ1) is 11.1. The van der Waals surface area contributed by atoms with E-state index in [9.17, 15) is 4.79 Å². The van der Waals surface area contributed by atoms with Gasteiger partial charge in [-0.2, -0.15) is 0 Å². The lowest BCUT2D eigenvalue weighted by atomic mass is 9.93. The van der Waals surface area contributed by atoms with Gasteiger partial charge in [-0.1, -0.05) is 30.3 Å². The van der Waals surface area contributed by atoms with Crippen molar-refractivity contribution >= 4 is 6.41 Å². The maximum Gasteiger partial charge on any atom is 0.233 e. The van der Waals surface area contributed by atoms with Crippen LogP contribution in [-0.4, -0.2) is 24.1 Å². The zero-order chi connectivity index (χ0) is 11.2. The first-order chi connectivity index (χ1) is 7.90. The fraction of sp³-hybridized carbons (Fsp3) is 0.462. The summed E-state index contributed by atoms with van der Waals surface area (Å²) in [7, 11) is 0. The number of hydrogen-bond acceptors (Lipinski definition) is 2. The fourth-order valence-electron chi connectivity index (χ4n) is 1.78. The van der Waals surface area contributed by atoms with Crippen LogP contribution >= 0.6 is 0 Å². The minimum absolute atomic E-state index is 0.313. The second-order valence-corrected chi connectivity index (χ2v) is 4.12. The molecular formula is C13H17NO2. The Morgan fingerprint density at radius 1 is 1.31 bits per heavy atom. The molecule has 0 radical (unpaired) electrons. The Morgan fingerprint density at radius 3 is 2.62 bits per heavy atom. The van der Waals surface area contributed by atoms with E-state index in [2.05, 4.69) is 12.1 Å². The van der Waals surface area contributed by atoms with Gasteiger partial charge in [0.1, 0.15) is 0 Å². The second-order valence-electron chi connectivity index (χ2n) is 4.12. The molecule has 0 saturated heterocycles. The molecule has 0 atom stereocenters. The standard InChI is InChI=1S/C13H17NO2/c15-11-14(13-7-4-8-13)16-10-9-12-5-2-1-3-6-12/h1-3,5-6,11,13H,4,7-10H2. The molecule has 0 N–H and O–H groups in total. The predicted molar refractivity (Wildman–Crippen MR) is 61.6 cm³/mol. The van der Waals surface area contributed by atoms with E-state index in [0.29, 0.717) is 12.6 Å². The first-order valence-electron chi connectivity index (χ1n) is 5.80. The lowest BCUT2D eigenvalue weighted by molar-refractivity contribution is -0.195. The third-order valence-electron chi connectivity index (χ3n) is 3.01. The molecule has 16 heavy (non-hydrogen) atoms. The van der Waals surface area contributed by atoms with Crippen LogP contribution in [0, 0.1) is 0 Å². The fourth-order valence-corrected chi connectivity index (χ4v) is 1.78. The third kappa shape index (κ3) is 2.83. The average Bonchev–Trinajstić information content (AvgIpc) is 2.26. The summed E-state index contributed by atoms with van der Waals surface area (Å²) in [6.07, 6.45) is 5.00. The highest BCUT2D eigenvalue weighted by atomic mass is 16.7. The van der Waals surface area contributed by atoms with Crippen molar-refractivity contribution < 1.29 is 9.63 Å². The Bertz CT molecular complexity index is 322. The maximum absolute atomic E-state index is 10.8. The van der Waals surface area contributed by atoms with Crippen LogP contribution in [0.15, 0.2) is 30.3 Å². The van der Waals surface area contributed by atoms with Crippen molar-refractivity contribution in [2.24, 2.45) is 0 Å². The van der Waals surface area contributed by atoms with Gasteiger partial charge in [0, 0.05) is 0 Å². The summed E-state index contributed by atoms with van der Waals surface area (Å²) in [6, 6.07) is 10.5. The quantitative estimate of drug-likeness (QED) is 0.542. The Labute approximate surface area is 96.0 Å². The van der Waals surface area contributed by atoms with E-state index in [-0.39, 0.29) is 0 Å². The normalized spacial score (nSPS) is 15.5. The van der Waals surface area contributed by atoms with Gasteiger partial charge in [0.05, 0.1) is 12.6 Å². The number of carbonyl (C=O) groups excluding carboxylic acids is 1. The Balaban J connectivity index is 1.72. The van der Waals surface area contributed by atoms with E-state index >= 15 is 0 Å². The van der Waals surface area contributed by atoms with Crippen LogP contribution in [0.4, 0.5) is 0 Å². The van der Waals surface area contributed by atoms with E-state index in [1.807, 2.05) is 18.2 Å². The van der Waals surface area contributed by atoms with Crippen molar-refractivity contribution in [1.29, 1.82) is 0 Å². The molecule has 1 aliphatic rings. The maximum atomic E-state index is 10.8. The lowest BCUT2D eigenvalue weighted by Crippen LogP contribution is -2.39. The summed E-state index contributed by atoms with van der Waals surface area (Å²) in [4.78, 5) is 16.2. The minimum Gasteiger partial charge on any atom is -0.276 e. The number of carbonyl (C=O) groups is 1. The molecule has 1 aliphatic carbocycles. The minimum atomic E-state index is 0.313. The Kier molecular flexibility index (Phi) is 3.94.